The van der Waals surface area contributed by atoms with E-state index in [0.717, 1.165) is 41.6 Å². The summed E-state index contributed by atoms with van der Waals surface area (Å²) in [5.74, 6) is -0.566. The summed E-state index contributed by atoms with van der Waals surface area (Å²) in [6.07, 6.45) is -2.73. The number of halogens is 4. The minimum atomic E-state index is -4.38. The second kappa shape index (κ2) is 8.50. The second-order valence-corrected chi connectivity index (χ2v) is 10.3. The van der Waals surface area contributed by atoms with Crippen LogP contribution in [0.5, 0.6) is 0 Å². The van der Waals surface area contributed by atoms with Gasteiger partial charge < -0.3 is 5.41 Å². The minimum absolute atomic E-state index is 0.149. The molecule has 4 rings (SSSR count). The standard InChI is InChI=1S/C25H23F4N2OS/c1-24(2)13-19-11-17(16-3-7-20(8-4-16)25(27,28)29)6-10-23(19)31(15-24)33(32)21-9-5-18(14-30)22(26)12-21/h3-12,14,30,32H,13,15H2,1-2H3/q+1. The number of hydrogen-bond acceptors (Lipinski definition) is 3. The smallest absolute Gasteiger partial charge is 0.308 e. The Hall–Kier alpha value is -2.84. The molecule has 2 N–H and O–H groups in total. The predicted octanol–water partition coefficient (Wildman–Crippen LogP) is 6.96. The van der Waals surface area contributed by atoms with Crippen LogP contribution in [0.1, 0.15) is 30.5 Å². The summed E-state index contributed by atoms with van der Waals surface area (Å²) in [5.41, 5.74) is 2.51. The molecule has 3 nitrogen and oxygen atoms in total. The number of hydrogen-bond donors (Lipinski definition) is 2. The summed E-state index contributed by atoms with van der Waals surface area (Å²) in [4.78, 5) is 0.411. The van der Waals surface area contributed by atoms with E-state index in [4.69, 9.17) is 5.41 Å². The largest absolute Gasteiger partial charge is 0.416 e. The van der Waals surface area contributed by atoms with E-state index in [9.17, 15) is 22.1 Å². The molecule has 1 unspecified atom stereocenters. The SMILES string of the molecule is CC1(C)Cc2cc(-c3ccc(C(F)(F)F)cc3)ccc2N([S+](O)c2ccc(C=N)c(F)c2)C1. The third kappa shape index (κ3) is 4.77. The molecule has 1 aliphatic heterocycles. The second-order valence-electron chi connectivity index (χ2n) is 8.89. The Morgan fingerprint density at radius 2 is 1.67 bits per heavy atom. The molecule has 0 saturated carbocycles. The highest BCUT2D eigenvalue weighted by Gasteiger charge is 2.41. The number of anilines is 1. The fourth-order valence-electron chi connectivity index (χ4n) is 4.07. The van der Waals surface area contributed by atoms with Crippen molar-refractivity contribution in [2.45, 2.75) is 31.3 Å². The lowest BCUT2D eigenvalue weighted by Gasteiger charge is -2.36. The maximum absolute atomic E-state index is 14.2. The van der Waals surface area contributed by atoms with Crippen LogP contribution in [-0.4, -0.2) is 17.3 Å². The van der Waals surface area contributed by atoms with Gasteiger partial charge in [0.2, 0.25) is 4.90 Å². The molecule has 33 heavy (non-hydrogen) atoms. The van der Waals surface area contributed by atoms with Crippen molar-refractivity contribution in [3.05, 3.63) is 83.2 Å². The Labute approximate surface area is 192 Å². The van der Waals surface area contributed by atoms with E-state index in [2.05, 4.69) is 13.8 Å². The van der Waals surface area contributed by atoms with Gasteiger partial charge in [0, 0.05) is 23.9 Å². The van der Waals surface area contributed by atoms with Crippen molar-refractivity contribution in [2.75, 3.05) is 10.8 Å². The molecular formula is C25H23F4N2OS+. The van der Waals surface area contributed by atoms with Crippen molar-refractivity contribution in [1.29, 1.82) is 5.41 Å². The Morgan fingerprint density at radius 3 is 2.27 bits per heavy atom. The van der Waals surface area contributed by atoms with E-state index in [1.165, 1.54) is 24.3 Å². The van der Waals surface area contributed by atoms with Gasteiger partial charge in [-0.3, -0.25) is 0 Å². The Balaban J connectivity index is 1.70. The topological polar surface area (TPSA) is 47.3 Å². The fraction of sp³-hybridized carbons (Fsp3) is 0.240. The van der Waals surface area contributed by atoms with Gasteiger partial charge in [-0.2, -0.15) is 22.0 Å². The van der Waals surface area contributed by atoms with Crippen molar-refractivity contribution in [1.82, 2.24) is 0 Å². The highest BCUT2D eigenvalue weighted by molar-refractivity contribution is 7.93. The van der Waals surface area contributed by atoms with Crippen molar-refractivity contribution in [3.63, 3.8) is 0 Å². The Morgan fingerprint density at radius 1 is 1.00 bits per heavy atom. The number of rotatable bonds is 4. The lowest BCUT2D eigenvalue weighted by atomic mass is 9.81. The van der Waals surface area contributed by atoms with Gasteiger partial charge in [-0.05, 0) is 58.9 Å². The predicted molar refractivity (Wildman–Crippen MR) is 124 cm³/mol. The molecule has 3 aromatic carbocycles. The lowest BCUT2D eigenvalue weighted by molar-refractivity contribution is -0.137. The zero-order valence-electron chi connectivity index (χ0n) is 18.1. The van der Waals surface area contributed by atoms with Crippen LogP contribution < -0.4 is 4.31 Å². The van der Waals surface area contributed by atoms with Crippen LogP contribution in [0.25, 0.3) is 11.1 Å². The number of nitrogens with zero attached hydrogens (tertiary/aromatic N) is 1. The molecule has 3 aromatic rings. The summed E-state index contributed by atoms with van der Waals surface area (Å²) in [6.45, 7) is 4.69. The first kappa shape index (κ1) is 23.3. The molecule has 0 bridgehead atoms. The lowest BCUT2D eigenvalue weighted by Crippen LogP contribution is -2.43. The van der Waals surface area contributed by atoms with Crippen LogP contribution in [0.2, 0.25) is 0 Å². The van der Waals surface area contributed by atoms with Crippen LogP contribution in [0.4, 0.5) is 23.2 Å². The van der Waals surface area contributed by atoms with Gasteiger partial charge in [0.05, 0.1) is 17.8 Å². The molecule has 0 saturated heterocycles. The first-order chi connectivity index (χ1) is 15.5. The maximum Gasteiger partial charge on any atom is 0.416 e. The van der Waals surface area contributed by atoms with Gasteiger partial charge in [-0.25, -0.2) is 4.39 Å². The molecule has 0 aliphatic carbocycles. The Bertz CT molecular complexity index is 1190. The molecule has 1 heterocycles. The van der Waals surface area contributed by atoms with Gasteiger partial charge in [0.1, 0.15) is 5.82 Å². The fourth-order valence-corrected chi connectivity index (χ4v) is 5.56. The molecule has 0 fully saturated rings. The zero-order chi connectivity index (χ0) is 24.0. The minimum Gasteiger partial charge on any atom is -0.308 e. The van der Waals surface area contributed by atoms with E-state index in [1.54, 1.807) is 6.07 Å². The van der Waals surface area contributed by atoms with Crippen LogP contribution >= 0.6 is 0 Å². The van der Waals surface area contributed by atoms with Crippen molar-refractivity contribution in [3.8, 4) is 11.1 Å². The van der Waals surface area contributed by atoms with Crippen LogP contribution in [-0.2, 0) is 24.0 Å². The van der Waals surface area contributed by atoms with E-state index >= 15 is 0 Å². The molecule has 8 heteroatoms. The summed E-state index contributed by atoms with van der Waals surface area (Å²) in [5, 5.41) is 7.25. The van der Waals surface area contributed by atoms with Gasteiger partial charge in [0.15, 0.2) is 0 Å². The highest BCUT2D eigenvalue weighted by Crippen LogP contribution is 2.41. The van der Waals surface area contributed by atoms with Crippen LogP contribution in [0.3, 0.4) is 0 Å². The van der Waals surface area contributed by atoms with Gasteiger partial charge in [-0.15, -0.1) is 0 Å². The molecule has 1 atom stereocenters. The van der Waals surface area contributed by atoms with Crippen LogP contribution in [0, 0.1) is 16.6 Å². The normalized spacial score (nSPS) is 16.3. The first-order valence-electron chi connectivity index (χ1n) is 10.3. The maximum atomic E-state index is 14.2. The molecule has 172 valence electrons. The van der Waals surface area contributed by atoms with E-state index in [0.29, 0.717) is 17.0 Å². The van der Waals surface area contributed by atoms with E-state index < -0.39 is 28.9 Å². The average Bonchev–Trinajstić information content (AvgIpc) is 2.76. The molecular weight excluding hydrogens is 452 g/mol. The summed E-state index contributed by atoms with van der Waals surface area (Å²) in [6, 6.07) is 15.0. The number of alkyl halides is 3. The molecule has 1 aliphatic rings. The summed E-state index contributed by atoms with van der Waals surface area (Å²) >= 11 is -1.42. The monoisotopic (exact) mass is 475 g/mol. The quantitative estimate of drug-likeness (QED) is 0.243. The third-order valence-corrected chi connectivity index (χ3v) is 7.10. The molecule has 0 radical (unpaired) electrons. The summed E-state index contributed by atoms with van der Waals surface area (Å²) < 4.78 is 65.9. The van der Waals surface area contributed by atoms with Gasteiger partial charge in [-0.1, -0.05) is 32.0 Å². The van der Waals surface area contributed by atoms with E-state index in [-0.39, 0.29) is 11.0 Å². The van der Waals surface area contributed by atoms with E-state index in [1.807, 2.05) is 22.5 Å². The first-order valence-corrected chi connectivity index (χ1v) is 11.4. The highest BCUT2D eigenvalue weighted by atomic mass is 32.2. The van der Waals surface area contributed by atoms with Crippen molar-refractivity contribution < 1.29 is 22.1 Å². The zero-order valence-corrected chi connectivity index (χ0v) is 18.9. The summed E-state index contributed by atoms with van der Waals surface area (Å²) in [7, 11) is 0. The molecule has 0 spiro atoms. The average molecular weight is 476 g/mol. The molecule has 0 aromatic heterocycles. The molecule has 0 amide bonds. The van der Waals surface area contributed by atoms with Gasteiger partial charge >= 0.3 is 17.5 Å². The number of fused-ring (bicyclic) bond motifs is 1. The van der Waals surface area contributed by atoms with Gasteiger partial charge in [0.25, 0.3) is 0 Å². The van der Waals surface area contributed by atoms with Crippen molar-refractivity contribution in [2.24, 2.45) is 5.41 Å². The van der Waals surface area contributed by atoms with Crippen molar-refractivity contribution >= 4 is 23.3 Å². The van der Waals surface area contributed by atoms with Crippen LogP contribution in [0.15, 0.2) is 65.6 Å². The number of benzene rings is 3. The third-order valence-electron chi connectivity index (χ3n) is 5.68. The number of nitrogens with one attached hydrogen (secondary N) is 1. The Kier molecular flexibility index (Phi) is 6.01.